The van der Waals surface area contributed by atoms with E-state index in [0.717, 1.165) is 0 Å². The molecular formula is C14H21N5O2. The number of fused-ring (bicyclic) bond motifs is 1. The Morgan fingerprint density at radius 1 is 1.29 bits per heavy atom. The fraction of sp³-hybridized carbons (Fsp3) is 0.286. The van der Waals surface area contributed by atoms with E-state index in [0.29, 0.717) is 19.4 Å². The predicted molar refractivity (Wildman–Crippen MR) is 83.8 cm³/mol. The molecule has 7 nitrogen and oxygen atoms in total. The van der Waals surface area contributed by atoms with E-state index in [4.69, 9.17) is 22.3 Å². The van der Waals surface area contributed by atoms with Crippen molar-refractivity contribution in [3.63, 3.8) is 0 Å². The Morgan fingerprint density at radius 2 is 2.00 bits per heavy atom. The molecule has 1 atom stereocenters. The van der Waals surface area contributed by atoms with Gasteiger partial charge >= 0.3 is 5.97 Å². The van der Waals surface area contributed by atoms with Crippen molar-refractivity contribution in [1.29, 1.82) is 0 Å². The molecule has 0 amide bonds. The van der Waals surface area contributed by atoms with Gasteiger partial charge in [0.25, 0.3) is 0 Å². The number of guanidine groups is 1. The standard InChI is InChI=1S/C8H7N.C6H14N4O2/c1-2-4-8-7(3-1)5-6-9-8;7-4(5(11)12)2-1-3-10-6(8)9/h1-6,9H;4H,1-3,7H2,(H,11,12)(H4,8,9,10)/t;4-/m.0/s1. The van der Waals surface area contributed by atoms with E-state index in [1.54, 1.807) is 0 Å². The highest BCUT2D eigenvalue weighted by molar-refractivity contribution is 5.78. The summed E-state index contributed by atoms with van der Waals surface area (Å²) in [7, 11) is 0. The molecule has 2 aromatic rings. The molecule has 1 aromatic carbocycles. The summed E-state index contributed by atoms with van der Waals surface area (Å²) in [6, 6.07) is 9.46. The molecule has 21 heavy (non-hydrogen) atoms. The fourth-order valence-electron chi connectivity index (χ4n) is 1.64. The number of aliphatic carboxylic acids is 1. The van der Waals surface area contributed by atoms with Gasteiger partial charge in [0.15, 0.2) is 5.96 Å². The van der Waals surface area contributed by atoms with Crippen LogP contribution in [0.5, 0.6) is 0 Å². The summed E-state index contributed by atoms with van der Waals surface area (Å²) in [6.07, 6.45) is 2.90. The summed E-state index contributed by atoms with van der Waals surface area (Å²) in [5.41, 5.74) is 16.5. The first-order valence-corrected chi connectivity index (χ1v) is 6.56. The van der Waals surface area contributed by atoms with E-state index in [1.807, 2.05) is 18.3 Å². The average molecular weight is 291 g/mol. The van der Waals surface area contributed by atoms with Gasteiger partial charge in [-0.15, -0.1) is 0 Å². The van der Waals surface area contributed by atoms with Gasteiger partial charge in [0.05, 0.1) is 0 Å². The van der Waals surface area contributed by atoms with Gasteiger partial charge in [-0.1, -0.05) is 18.2 Å². The molecule has 1 heterocycles. The van der Waals surface area contributed by atoms with Crippen LogP contribution in [-0.4, -0.2) is 34.6 Å². The van der Waals surface area contributed by atoms with Gasteiger partial charge in [0.1, 0.15) is 6.04 Å². The summed E-state index contributed by atoms with van der Waals surface area (Å²) < 4.78 is 0. The second-order valence-electron chi connectivity index (χ2n) is 4.46. The minimum absolute atomic E-state index is 0.0129. The molecule has 8 N–H and O–H groups in total. The van der Waals surface area contributed by atoms with Crippen LogP contribution in [0.3, 0.4) is 0 Å². The Hall–Kier alpha value is -2.54. The van der Waals surface area contributed by atoms with Crippen molar-refractivity contribution < 1.29 is 9.90 Å². The van der Waals surface area contributed by atoms with Gasteiger partial charge in [-0.3, -0.25) is 9.79 Å². The summed E-state index contributed by atoms with van der Waals surface area (Å²) in [5.74, 6) is -0.987. The van der Waals surface area contributed by atoms with E-state index in [-0.39, 0.29) is 5.96 Å². The Labute approximate surface area is 122 Å². The smallest absolute Gasteiger partial charge is 0.320 e. The van der Waals surface area contributed by atoms with Crippen molar-refractivity contribution in [2.75, 3.05) is 6.54 Å². The molecule has 0 bridgehead atoms. The van der Waals surface area contributed by atoms with Crippen molar-refractivity contribution in [2.45, 2.75) is 18.9 Å². The Bertz CT molecular complexity index is 560. The molecule has 0 spiro atoms. The number of carbonyl (C=O) groups is 1. The lowest BCUT2D eigenvalue weighted by atomic mass is 10.2. The molecule has 0 aliphatic rings. The number of carboxylic acids is 1. The maximum absolute atomic E-state index is 10.2. The lowest BCUT2D eigenvalue weighted by Crippen LogP contribution is -2.30. The van der Waals surface area contributed by atoms with Gasteiger partial charge in [0.2, 0.25) is 0 Å². The SMILES string of the molecule is NC(N)=NCCC[C@H](N)C(=O)O.c1ccc2[nH]ccc2c1. The third kappa shape index (κ3) is 6.44. The van der Waals surface area contributed by atoms with Crippen molar-refractivity contribution in [1.82, 2.24) is 4.98 Å². The highest BCUT2D eigenvalue weighted by atomic mass is 16.4. The van der Waals surface area contributed by atoms with Gasteiger partial charge in [-0.05, 0) is 30.4 Å². The maximum Gasteiger partial charge on any atom is 0.320 e. The summed E-state index contributed by atoms with van der Waals surface area (Å²) >= 11 is 0. The van der Waals surface area contributed by atoms with Gasteiger partial charge in [-0.25, -0.2) is 0 Å². The molecule has 0 aliphatic heterocycles. The number of carboxylic acid groups (broad SMARTS) is 1. The summed E-state index contributed by atoms with van der Waals surface area (Å²) in [4.78, 5) is 17.0. The molecule has 0 fully saturated rings. The Balaban J connectivity index is 0.000000216. The van der Waals surface area contributed by atoms with E-state index < -0.39 is 12.0 Å². The van der Waals surface area contributed by atoms with Crippen LogP contribution in [0.4, 0.5) is 0 Å². The zero-order valence-electron chi connectivity index (χ0n) is 11.7. The van der Waals surface area contributed by atoms with E-state index >= 15 is 0 Å². The van der Waals surface area contributed by atoms with Crippen LogP contribution in [0.1, 0.15) is 12.8 Å². The highest BCUT2D eigenvalue weighted by Crippen LogP contribution is 2.09. The predicted octanol–water partition coefficient (Wildman–Crippen LogP) is 0.620. The number of aromatic amines is 1. The second-order valence-corrected chi connectivity index (χ2v) is 4.46. The largest absolute Gasteiger partial charge is 0.480 e. The van der Waals surface area contributed by atoms with Crippen molar-refractivity contribution in [2.24, 2.45) is 22.2 Å². The van der Waals surface area contributed by atoms with Crippen LogP contribution in [0.25, 0.3) is 10.9 Å². The van der Waals surface area contributed by atoms with Gasteiger partial charge in [0, 0.05) is 18.3 Å². The van der Waals surface area contributed by atoms with Gasteiger partial charge < -0.3 is 27.3 Å². The zero-order valence-corrected chi connectivity index (χ0v) is 11.7. The minimum Gasteiger partial charge on any atom is -0.480 e. The fourth-order valence-corrected chi connectivity index (χ4v) is 1.64. The molecule has 0 unspecified atom stereocenters. The van der Waals surface area contributed by atoms with E-state index in [1.165, 1.54) is 10.9 Å². The number of rotatable bonds is 5. The number of benzene rings is 1. The molecule has 7 heteroatoms. The third-order valence-electron chi connectivity index (χ3n) is 2.75. The van der Waals surface area contributed by atoms with Crippen LogP contribution >= 0.6 is 0 Å². The number of nitrogens with zero attached hydrogens (tertiary/aromatic N) is 1. The van der Waals surface area contributed by atoms with E-state index in [9.17, 15) is 4.79 Å². The summed E-state index contributed by atoms with van der Waals surface area (Å²) in [5, 5.41) is 9.66. The second kappa shape index (κ2) is 8.60. The van der Waals surface area contributed by atoms with Crippen molar-refractivity contribution in [3.05, 3.63) is 36.5 Å². The van der Waals surface area contributed by atoms with Crippen molar-refractivity contribution >= 4 is 22.8 Å². The highest BCUT2D eigenvalue weighted by Gasteiger charge is 2.09. The number of H-pyrrole nitrogens is 1. The summed E-state index contributed by atoms with van der Waals surface area (Å²) in [6.45, 7) is 0.420. The molecule has 1 aromatic heterocycles. The van der Waals surface area contributed by atoms with Crippen LogP contribution in [-0.2, 0) is 4.79 Å². The van der Waals surface area contributed by atoms with Crippen LogP contribution in [0.2, 0.25) is 0 Å². The first-order chi connectivity index (χ1) is 10.0. The molecular weight excluding hydrogens is 270 g/mol. The lowest BCUT2D eigenvalue weighted by Gasteiger charge is -2.03. The minimum atomic E-state index is -1.00. The molecule has 0 saturated heterocycles. The third-order valence-corrected chi connectivity index (χ3v) is 2.75. The number of nitrogens with two attached hydrogens (primary N) is 3. The normalized spacial score (nSPS) is 11.3. The Kier molecular flexibility index (Phi) is 6.76. The lowest BCUT2D eigenvalue weighted by molar-refractivity contribution is -0.138. The molecule has 0 saturated carbocycles. The molecule has 2 rings (SSSR count). The molecule has 114 valence electrons. The van der Waals surface area contributed by atoms with Crippen LogP contribution < -0.4 is 17.2 Å². The van der Waals surface area contributed by atoms with E-state index in [2.05, 4.69) is 28.2 Å². The van der Waals surface area contributed by atoms with Gasteiger partial charge in [-0.2, -0.15) is 0 Å². The average Bonchev–Trinajstić information content (AvgIpc) is 2.92. The first kappa shape index (κ1) is 16.5. The maximum atomic E-state index is 10.2. The number of para-hydroxylation sites is 1. The molecule has 0 aliphatic carbocycles. The number of hydrogen-bond acceptors (Lipinski definition) is 3. The number of aromatic nitrogens is 1. The Morgan fingerprint density at radius 3 is 2.62 bits per heavy atom. The topological polar surface area (TPSA) is 144 Å². The first-order valence-electron chi connectivity index (χ1n) is 6.56. The monoisotopic (exact) mass is 291 g/mol. The number of nitrogens with one attached hydrogen (secondary N) is 1. The van der Waals surface area contributed by atoms with Crippen LogP contribution in [0, 0.1) is 0 Å². The molecule has 0 radical (unpaired) electrons. The zero-order chi connectivity index (χ0) is 15.7. The number of aliphatic imine (C=N–C) groups is 1. The number of hydrogen-bond donors (Lipinski definition) is 5. The quantitative estimate of drug-likeness (QED) is 0.311. The van der Waals surface area contributed by atoms with Crippen molar-refractivity contribution in [3.8, 4) is 0 Å². The van der Waals surface area contributed by atoms with Crippen LogP contribution in [0.15, 0.2) is 41.5 Å².